The second kappa shape index (κ2) is 6.29. The highest BCUT2D eigenvalue weighted by Gasteiger charge is 2.21. The van der Waals surface area contributed by atoms with Crippen molar-refractivity contribution >= 4 is 17.2 Å². The third kappa shape index (κ3) is 3.78. The van der Waals surface area contributed by atoms with Crippen LogP contribution in [0.4, 0.5) is 0 Å². The molecule has 1 aromatic rings. The van der Waals surface area contributed by atoms with Gasteiger partial charge < -0.3 is 10.4 Å². The first-order valence-electron chi connectivity index (χ1n) is 6.48. The number of amides is 1. The zero-order chi connectivity index (χ0) is 13.0. The van der Waals surface area contributed by atoms with Crippen molar-refractivity contribution in [1.29, 1.82) is 0 Å². The number of nitrogens with zero attached hydrogens (tertiary/aromatic N) is 1. The molecule has 4 nitrogen and oxygen atoms in total. The minimum Gasteiger partial charge on any atom is -0.396 e. The summed E-state index contributed by atoms with van der Waals surface area (Å²) in [5.74, 6) is 0.493. The van der Waals surface area contributed by atoms with Crippen molar-refractivity contribution < 1.29 is 9.90 Å². The molecular formula is C13H20N2O2S. The molecule has 100 valence electrons. The number of carbonyl (C=O) groups is 1. The van der Waals surface area contributed by atoms with E-state index < -0.39 is 0 Å². The fraction of sp³-hybridized carbons (Fsp3) is 0.692. The Morgan fingerprint density at radius 3 is 2.78 bits per heavy atom. The summed E-state index contributed by atoms with van der Waals surface area (Å²) in [6.45, 7) is 2.22. The molecule has 1 aromatic heterocycles. The van der Waals surface area contributed by atoms with Crippen LogP contribution in [0.15, 0.2) is 5.38 Å². The van der Waals surface area contributed by atoms with Crippen LogP contribution in [0.2, 0.25) is 0 Å². The van der Waals surface area contributed by atoms with E-state index in [1.807, 2.05) is 12.3 Å². The molecule has 0 atom stereocenters. The molecule has 1 amide bonds. The zero-order valence-electron chi connectivity index (χ0n) is 10.7. The smallest absolute Gasteiger partial charge is 0.226 e. The summed E-state index contributed by atoms with van der Waals surface area (Å²) < 4.78 is 0. The predicted molar refractivity (Wildman–Crippen MR) is 71.5 cm³/mol. The predicted octanol–water partition coefficient (Wildman–Crippen LogP) is 1.66. The minimum absolute atomic E-state index is 0.0627. The van der Waals surface area contributed by atoms with Gasteiger partial charge in [0, 0.05) is 18.0 Å². The molecule has 1 aliphatic rings. The molecule has 0 spiro atoms. The maximum atomic E-state index is 11.8. The minimum atomic E-state index is 0.0627. The lowest BCUT2D eigenvalue weighted by molar-refractivity contribution is -0.121. The van der Waals surface area contributed by atoms with E-state index in [0.29, 0.717) is 12.3 Å². The quantitative estimate of drug-likeness (QED) is 0.873. The third-order valence-corrected chi connectivity index (χ3v) is 4.30. The standard InChI is InChI=1S/C13H20N2O2S/c1-9-14-12(8-18-9)6-13(17)15-11-4-2-10(7-16)3-5-11/h8,10-11,16H,2-7H2,1H3,(H,15,17). The first-order valence-corrected chi connectivity index (χ1v) is 7.36. The zero-order valence-corrected chi connectivity index (χ0v) is 11.5. The van der Waals surface area contributed by atoms with Crippen molar-refractivity contribution in [3.8, 4) is 0 Å². The maximum absolute atomic E-state index is 11.8. The van der Waals surface area contributed by atoms with Crippen LogP contribution in [0.3, 0.4) is 0 Å². The summed E-state index contributed by atoms with van der Waals surface area (Å²) in [7, 11) is 0. The van der Waals surface area contributed by atoms with E-state index >= 15 is 0 Å². The average Bonchev–Trinajstić information content (AvgIpc) is 2.75. The molecule has 2 N–H and O–H groups in total. The third-order valence-electron chi connectivity index (χ3n) is 3.48. The van der Waals surface area contributed by atoms with Gasteiger partial charge in [-0.25, -0.2) is 4.98 Å². The van der Waals surface area contributed by atoms with E-state index in [1.54, 1.807) is 11.3 Å². The number of thiazole rings is 1. The summed E-state index contributed by atoms with van der Waals surface area (Å²) in [6, 6.07) is 0.278. The van der Waals surface area contributed by atoms with Crippen molar-refractivity contribution in [2.75, 3.05) is 6.61 Å². The molecule has 1 fully saturated rings. The first kappa shape index (κ1) is 13.5. The van der Waals surface area contributed by atoms with Gasteiger partial charge in [0.15, 0.2) is 0 Å². The number of hydrogen-bond donors (Lipinski definition) is 2. The Morgan fingerprint density at radius 2 is 2.22 bits per heavy atom. The highest BCUT2D eigenvalue weighted by atomic mass is 32.1. The second-order valence-electron chi connectivity index (χ2n) is 5.00. The molecule has 5 heteroatoms. The molecule has 1 aliphatic carbocycles. The van der Waals surface area contributed by atoms with Crippen LogP contribution in [-0.2, 0) is 11.2 Å². The largest absolute Gasteiger partial charge is 0.396 e. The topological polar surface area (TPSA) is 62.2 Å². The van der Waals surface area contributed by atoms with E-state index in [2.05, 4.69) is 10.3 Å². The van der Waals surface area contributed by atoms with Gasteiger partial charge in [-0.05, 0) is 38.5 Å². The Hall–Kier alpha value is -0.940. The van der Waals surface area contributed by atoms with Crippen LogP contribution in [0, 0.1) is 12.8 Å². The van der Waals surface area contributed by atoms with E-state index in [-0.39, 0.29) is 18.6 Å². The second-order valence-corrected chi connectivity index (χ2v) is 6.06. The number of aryl methyl sites for hydroxylation is 1. The van der Waals surface area contributed by atoms with Gasteiger partial charge in [-0.2, -0.15) is 0 Å². The highest BCUT2D eigenvalue weighted by Crippen LogP contribution is 2.23. The van der Waals surface area contributed by atoms with Crippen LogP contribution in [0.25, 0.3) is 0 Å². The SMILES string of the molecule is Cc1nc(CC(=O)NC2CCC(CO)CC2)cs1. The Labute approximate surface area is 111 Å². The normalized spacial score (nSPS) is 23.9. The highest BCUT2D eigenvalue weighted by molar-refractivity contribution is 7.09. The molecule has 1 saturated carbocycles. The van der Waals surface area contributed by atoms with Gasteiger partial charge in [0.1, 0.15) is 0 Å². The lowest BCUT2D eigenvalue weighted by Crippen LogP contribution is -2.38. The van der Waals surface area contributed by atoms with Crippen LogP contribution in [0.1, 0.15) is 36.4 Å². The molecule has 0 aromatic carbocycles. The van der Waals surface area contributed by atoms with Gasteiger partial charge in [0.05, 0.1) is 17.1 Å². The molecule has 0 radical (unpaired) electrons. The number of rotatable bonds is 4. The first-order chi connectivity index (χ1) is 8.67. The Morgan fingerprint density at radius 1 is 1.50 bits per heavy atom. The molecule has 0 unspecified atom stereocenters. The number of aliphatic hydroxyl groups excluding tert-OH is 1. The van der Waals surface area contributed by atoms with E-state index in [1.165, 1.54) is 0 Å². The Kier molecular flexibility index (Phi) is 4.72. The Balaban J connectivity index is 1.75. The van der Waals surface area contributed by atoms with Crippen LogP contribution in [-0.4, -0.2) is 28.6 Å². The lowest BCUT2D eigenvalue weighted by Gasteiger charge is -2.27. The molecule has 0 aliphatic heterocycles. The number of hydrogen-bond acceptors (Lipinski definition) is 4. The molecule has 1 heterocycles. The van der Waals surface area contributed by atoms with Crippen molar-refractivity contribution in [2.45, 2.75) is 45.1 Å². The van der Waals surface area contributed by atoms with Crippen molar-refractivity contribution in [3.63, 3.8) is 0 Å². The van der Waals surface area contributed by atoms with Gasteiger partial charge in [-0.3, -0.25) is 4.79 Å². The van der Waals surface area contributed by atoms with Gasteiger partial charge >= 0.3 is 0 Å². The summed E-state index contributed by atoms with van der Waals surface area (Å²) in [6.07, 6.45) is 4.36. The summed E-state index contributed by atoms with van der Waals surface area (Å²) in [5, 5.41) is 15.1. The molecular weight excluding hydrogens is 248 g/mol. The van der Waals surface area contributed by atoms with Crippen molar-refractivity contribution in [2.24, 2.45) is 5.92 Å². The fourth-order valence-electron chi connectivity index (χ4n) is 2.42. The average molecular weight is 268 g/mol. The van der Waals surface area contributed by atoms with Crippen LogP contribution in [0.5, 0.6) is 0 Å². The van der Waals surface area contributed by atoms with Gasteiger partial charge in [-0.1, -0.05) is 0 Å². The number of nitrogens with one attached hydrogen (secondary N) is 1. The molecule has 2 rings (SSSR count). The van der Waals surface area contributed by atoms with Gasteiger partial charge in [0.2, 0.25) is 5.91 Å². The van der Waals surface area contributed by atoms with E-state index in [9.17, 15) is 4.79 Å². The molecule has 0 bridgehead atoms. The van der Waals surface area contributed by atoms with Gasteiger partial charge in [0.25, 0.3) is 0 Å². The number of carbonyl (C=O) groups excluding carboxylic acids is 1. The van der Waals surface area contributed by atoms with Crippen LogP contribution >= 0.6 is 11.3 Å². The lowest BCUT2D eigenvalue weighted by atomic mass is 9.86. The summed E-state index contributed by atoms with van der Waals surface area (Å²) in [5.41, 5.74) is 0.860. The number of aromatic nitrogens is 1. The summed E-state index contributed by atoms with van der Waals surface area (Å²) >= 11 is 1.58. The van der Waals surface area contributed by atoms with E-state index in [4.69, 9.17) is 5.11 Å². The molecule has 0 saturated heterocycles. The number of aliphatic hydroxyl groups is 1. The molecule has 18 heavy (non-hydrogen) atoms. The van der Waals surface area contributed by atoms with Crippen molar-refractivity contribution in [1.82, 2.24) is 10.3 Å². The van der Waals surface area contributed by atoms with Crippen LogP contribution < -0.4 is 5.32 Å². The Bertz CT molecular complexity index is 397. The fourth-order valence-corrected chi connectivity index (χ4v) is 3.03. The van der Waals surface area contributed by atoms with Crippen molar-refractivity contribution in [3.05, 3.63) is 16.1 Å². The monoisotopic (exact) mass is 268 g/mol. The maximum Gasteiger partial charge on any atom is 0.226 e. The van der Waals surface area contributed by atoms with E-state index in [0.717, 1.165) is 36.4 Å². The summed E-state index contributed by atoms with van der Waals surface area (Å²) in [4.78, 5) is 16.1. The van der Waals surface area contributed by atoms with Gasteiger partial charge in [-0.15, -0.1) is 11.3 Å².